The third-order valence-electron chi connectivity index (χ3n) is 4.30. The number of carboxylic acid groups (broad SMARTS) is 1. The Bertz CT molecular complexity index is 1110. The molecule has 0 radical (unpaired) electrons. The van der Waals surface area contributed by atoms with Crippen molar-refractivity contribution in [2.24, 2.45) is 0 Å². The van der Waals surface area contributed by atoms with Gasteiger partial charge >= 0.3 is 12.1 Å². The molecule has 0 heterocycles. The highest BCUT2D eigenvalue weighted by atomic mass is 35.5. The van der Waals surface area contributed by atoms with E-state index in [4.69, 9.17) is 26.2 Å². The molecule has 0 fully saturated rings. The average molecular weight is 463 g/mol. The molecular formula is C24H18ClF3O4. The molecule has 0 unspecified atom stereocenters. The van der Waals surface area contributed by atoms with E-state index in [9.17, 15) is 18.0 Å². The minimum atomic E-state index is -4.37. The largest absolute Gasteiger partial charge is 0.486 e. The fraction of sp³-hybridized carbons (Fsp3) is 0.125. The zero-order chi connectivity index (χ0) is 23.1. The minimum Gasteiger partial charge on any atom is -0.486 e. The molecule has 32 heavy (non-hydrogen) atoms. The number of carboxylic acids is 1. The van der Waals surface area contributed by atoms with Gasteiger partial charge in [0.1, 0.15) is 12.4 Å². The zero-order valence-corrected chi connectivity index (χ0v) is 17.4. The summed E-state index contributed by atoms with van der Waals surface area (Å²) in [7, 11) is 0. The molecule has 8 heteroatoms. The van der Waals surface area contributed by atoms with E-state index in [0.29, 0.717) is 33.4 Å². The van der Waals surface area contributed by atoms with Crippen molar-refractivity contribution >= 4 is 23.6 Å². The second-order valence-corrected chi connectivity index (χ2v) is 7.12. The topological polar surface area (TPSA) is 55.8 Å². The molecule has 0 spiro atoms. The van der Waals surface area contributed by atoms with E-state index in [2.05, 4.69) is 0 Å². The molecule has 0 aliphatic heterocycles. The fourth-order valence-corrected chi connectivity index (χ4v) is 2.94. The number of para-hydroxylation sites is 2. The second-order valence-electron chi connectivity index (χ2n) is 6.72. The van der Waals surface area contributed by atoms with Crippen LogP contribution < -0.4 is 9.47 Å². The Labute approximate surface area is 187 Å². The van der Waals surface area contributed by atoms with Crippen LogP contribution in [0.5, 0.6) is 17.2 Å². The molecule has 0 saturated heterocycles. The molecule has 3 aromatic carbocycles. The molecule has 0 aliphatic carbocycles. The van der Waals surface area contributed by atoms with Crippen LogP contribution in [0, 0.1) is 0 Å². The quantitative estimate of drug-likeness (QED) is 0.397. The van der Waals surface area contributed by atoms with Gasteiger partial charge in [-0.2, -0.15) is 13.2 Å². The highest BCUT2D eigenvalue weighted by Crippen LogP contribution is 2.35. The summed E-state index contributed by atoms with van der Waals surface area (Å²) in [6, 6.07) is 16.4. The summed E-state index contributed by atoms with van der Waals surface area (Å²) in [5.74, 6) is 0.123. The predicted molar refractivity (Wildman–Crippen MR) is 115 cm³/mol. The maximum atomic E-state index is 12.6. The zero-order valence-electron chi connectivity index (χ0n) is 16.6. The van der Waals surface area contributed by atoms with Crippen LogP contribution in [0.4, 0.5) is 13.2 Å². The maximum Gasteiger partial charge on any atom is 0.416 e. The Morgan fingerprint density at radius 2 is 1.66 bits per heavy atom. The molecule has 4 nitrogen and oxygen atoms in total. The second kappa shape index (κ2) is 10.2. The third kappa shape index (κ3) is 6.52. The van der Waals surface area contributed by atoms with Crippen molar-refractivity contribution in [3.8, 4) is 17.2 Å². The Balaban J connectivity index is 1.66. The lowest BCUT2D eigenvalue weighted by atomic mass is 10.1. The van der Waals surface area contributed by atoms with Crippen molar-refractivity contribution in [2.45, 2.75) is 12.6 Å². The molecule has 0 atom stereocenters. The van der Waals surface area contributed by atoms with Gasteiger partial charge in [0.2, 0.25) is 0 Å². The number of alkyl halides is 3. The molecule has 0 bridgehead atoms. The Morgan fingerprint density at radius 3 is 2.31 bits per heavy atom. The molecule has 3 rings (SSSR count). The van der Waals surface area contributed by atoms with Crippen LogP contribution in [0.1, 0.15) is 16.7 Å². The summed E-state index contributed by atoms with van der Waals surface area (Å²) in [6.07, 6.45) is -1.22. The predicted octanol–water partition coefficient (Wildman–Crippen LogP) is 6.87. The van der Waals surface area contributed by atoms with Crippen LogP contribution in [0.3, 0.4) is 0 Å². The number of rotatable bonds is 8. The van der Waals surface area contributed by atoms with E-state index in [1.807, 2.05) is 0 Å². The van der Waals surface area contributed by atoms with Gasteiger partial charge in [-0.25, -0.2) is 0 Å². The van der Waals surface area contributed by atoms with Crippen molar-refractivity contribution in [3.05, 3.63) is 94.5 Å². The Kier molecular flexibility index (Phi) is 7.43. The first-order chi connectivity index (χ1) is 15.2. The number of ether oxygens (including phenoxy) is 2. The summed E-state index contributed by atoms with van der Waals surface area (Å²) in [5, 5.41) is 9.28. The standard InChI is InChI=1S/C24H18ClF3O4/c25-19-12-9-17(15-23(29)30)14-22(19)32-21-6-2-1-5-20(21)31-13-3-4-16-7-10-18(11-8-16)24(26,27)28/h1-12,14H,13,15H2,(H,29,30)/b4-3+. The number of carbonyl (C=O) groups is 1. The van der Waals surface area contributed by atoms with Gasteiger partial charge in [0, 0.05) is 0 Å². The number of aliphatic carboxylic acids is 1. The smallest absolute Gasteiger partial charge is 0.416 e. The van der Waals surface area contributed by atoms with Gasteiger partial charge in [-0.3, -0.25) is 4.79 Å². The highest BCUT2D eigenvalue weighted by molar-refractivity contribution is 6.32. The van der Waals surface area contributed by atoms with E-state index < -0.39 is 17.7 Å². The van der Waals surface area contributed by atoms with Crippen molar-refractivity contribution in [1.82, 2.24) is 0 Å². The monoisotopic (exact) mass is 462 g/mol. The number of hydrogen-bond acceptors (Lipinski definition) is 3. The van der Waals surface area contributed by atoms with Gasteiger partial charge < -0.3 is 14.6 Å². The van der Waals surface area contributed by atoms with Gasteiger partial charge in [-0.15, -0.1) is 0 Å². The molecule has 3 aromatic rings. The molecule has 1 N–H and O–H groups in total. The number of benzene rings is 3. The first-order valence-electron chi connectivity index (χ1n) is 9.46. The van der Waals surface area contributed by atoms with Crippen LogP contribution in [-0.2, 0) is 17.4 Å². The number of hydrogen-bond donors (Lipinski definition) is 1. The summed E-state index contributed by atoms with van der Waals surface area (Å²) in [5.41, 5.74) is 0.436. The summed E-state index contributed by atoms with van der Waals surface area (Å²) in [6.45, 7) is 0.147. The normalized spacial score (nSPS) is 11.5. The molecule has 166 valence electrons. The van der Waals surface area contributed by atoms with E-state index >= 15 is 0 Å². The van der Waals surface area contributed by atoms with Gasteiger partial charge in [-0.05, 0) is 53.6 Å². The maximum absolute atomic E-state index is 12.6. The van der Waals surface area contributed by atoms with E-state index in [1.54, 1.807) is 54.6 Å². The SMILES string of the molecule is O=C(O)Cc1ccc(Cl)c(Oc2ccccc2OC/C=C/c2ccc(C(F)(F)F)cc2)c1. The van der Waals surface area contributed by atoms with E-state index in [0.717, 1.165) is 12.1 Å². The molecule has 0 aliphatic rings. The molecule has 0 amide bonds. The molecular weight excluding hydrogens is 445 g/mol. The van der Waals surface area contributed by atoms with Crippen LogP contribution in [-0.4, -0.2) is 17.7 Å². The lowest BCUT2D eigenvalue weighted by Crippen LogP contribution is -2.04. The first-order valence-corrected chi connectivity index (χ1v) is 9.84. The van der Waals surface area contributed by atoms with Crippen LogP contribution in [0.25, 0.3) is 6.08 Å². The van der Waals surface area contributed by atoms with Crippen molar-refractivity contribution in [1.29, 1.82) is 0 Å². The molecule has 0 aromatic heterocycles. The van der Waals surface area contributed by atoms with Crippen molar-refractivity contribution < 1.29 is 32.5 Å². The minimum absolute atomic E-state index is 0.147. The summed E-state index contributed by atoms with van der Waals surface area (Å²) >= 11 is 6.17. The summed E-state index contributed by atoms with van der Waals surface area (Å²) in [4.78, 5) is 10.9. The van der Waals surface area contributed by atoms with Gasteiger partial charge in [0.25, 0.3) is 0 Å². The van der Waals surface area contributed by atoms with E-state index in [-0.39, 0.29) is 13.0 Å². The average Bonchev–Trinajstić information content (AvgIpc) is 2.74. The van der Waals surface area contributed by atoms with Crippen molar-refractivity contribution in [3.63, 3.8) is 0 Å². The van der Waals surface area contributed by atoms with Crippen LogP contribution in [0.2, 0.25) is 5.02 Å². The van der Waals surface area contributed by atoms with Crippen LogP contribution >= 0.6 is 11.6 Å². The van der Waals surface area contributed by atoms with Gasteiger partial charge in [-0.1, -0.05) is 48.0 Å². The fourth-order valence-electron chi connectivity index (χ4n) is 2.79. The van der Waals surface area contributed by atoms with E-state index in [1.165, 1.54) is 12.1 Å². The highest BCUT2D eigenvalue weighted by Gasteiger charge is 2.29. The Morgan fingerprint density at radius 1 is 0.969 bits per heavy atom. The lowest BCUT2D eigenvalue weighted by Gasteiger charge is -2.13. The first kappa shape index (κ1) is 23.2. The Hall–Kier alpha value is -3.45. The van der Waals surface area contributed by atoms with Gasteiger partial charge in [0.05, 0.1) is 17.0 Å². The third-order valence-corrected chi connectivity index (χ3v) is 4.62. The van der Waals surface area contributed by atoms with Gasteiger partial charge in [0.15, 0.2) is 11.5 Å². The lowest BCUT2D eigenvalue weighted by molar-refractivity contribution is -0.138. The van der Waals surface area contributed by atoms with Crippen LogP contribution in [0.15, 0.2) is 72.8 Å². The van der Waals surface area contributed by atoms with Crippen molar-refractivity contribution in [2.75, 3.05) is 6.61 Å². The molecule has 0 saturated carbocycles. The number of halogens is 4. The summed E-state index contributed by atoms with van der Waals surface area (Å²) < 4.78 is 49.4.